The van der Waals surface area contributed by atoms with E-state index >= 15 is 0 Å². The van der Waals surface area contributed by atoms with Gasteiger partial charge in [-0.3, -0.25) is 28.3 Å². The fourth-order valence-electron chi connectivity index (χ4n) is 3.62. The molecule has 7 N–H and O–H groups in total. The third kappa shape index (κ3) is 6.63. The zero-order chi connectivity index (χ0) is 26.1. The number of H-pyrrole nitrogens is 1. The standard InChI is InChI=1S/C19H25N3O11P2/c1-10-8-22(19(25)21-17(10)23)16-7-15(35(29,30)31)14(33-16)9-32-18(24)13(20)6-11-2-4-12(5-3-11)34(26,27)28/h2-5,8,13-16H,6-7,9,20H2,1H3,(H,21,23,25)(H2,26,27,28)(H2,29,30,31)/t13-,14+,15-,16+/m0/s1. The van der Waals surface area contributed by atoms with E-state index in [9.17, 15) is 33.3 Å². The number of rotatable bonds is 8. The van der Waals surface area contributed by atoms with Crippen molar-refractivity contribution < 1.29 is 43.0 Å². The van der Waals surface area contributed by atoms with Gasteiger partial charge < -0.3 is 34.8 Å². The van der Waals surface area contributed by atoms with Gasteiger partial charge in [0.15, 0.2) is 0 Å². The van der Waals surface area contributed by atoms with Crippen LogP contribution in [-0.4, -0.2) is 59.5 Å². The molecule has 0 unspecified atom stereocenters. The van der Waals surface area contributed by atoms with E-state index in [1.807, 2.05) is 0 Å². The maximum absolute atomic E-state index is 12.4. The van der Waals surface area contributed by atoms with E-state index in [0.717, 1.165) is 4.57 Å². The maximum atomic E-state index is 12.4. The first-order valence-corrected chi connectivity index (χ1v) is 13.6. The van der Waals surface area contributed by atoms with E-state index in [0.29, 0.717) is 5.56 Å². The van der Waals surface area contributed by atoms with Gasteiger partial charge in [-0.2, -0.15) is 0 Å². The normalized spacial score (nSPS) is 21.6. The fraction of sp³-hybridized carbons (Fsp3) is 0.421. The van der Waals surface area contributed by atoms with Gasteiger partial charge in [-0.1, -0.05) is 12.1 Å². The van der Waals surface area contributed by atoms with Gasteiger partial charge in [0.2, 0.25) is 0 Å². The van der Waals surface area contributed by atoms with E-state index in [2.05, 4.69) is 4.98 Å². The number of aryl methyl sites for hydroxylation is 1. The van der Waals surface area contributed by atoms with Crippen molar-refractivity contribution in [2.75, 3.05) is 6.61 Å². The Labute approximate surface area is 198 Å². The molecule has 0 bridgehead atoms. The van der Waals surface area contributed by atoms with Crippen molar-refractivity contribution in [3.63, 3.8) is 0 Å². The lowest BCUT2D eigenvalue weighted by Gasteiger charge is -2.20. The van der Waals surface area contributed by atoms with Crippen LogP contribution in [0.25, 0.3) is 0 Å². The van der Waals surface area contributed by atoms with Crippen LogP contribution < -0.4 is 22.3 Å². The van der Waals surface area contributed by atoms with Crippen LogP contribution in [0.5, 0.6) is 0 Å². The number of aromatic amines is 1. The van der Waals surface area contributed by atoms with Gasteiger partial charge in [-0.15, -0.1) is 0 Å². The summed E-state index contributed by atoms with van der Waals surface area (Å²) in [7, 11) is -9.13. The number of hydrogen-bond acceptors (Lipinski definition) is 8. The maximum Gasteiger partial charge on any atom is 0.356 e. The highest BCUT2D eigenvalue weighted by Crippen LogP contribution is 2.51. The summed E-state index contributed by atoms with van der Waals surface area (Å²) in [5, 5.41) is -0.189. The number of nitrogens with one attached hydrogen (secondary N) is 1. The second kappa shape index (κ2) is 10.3. The van der Waals surface area contributed by atoms with Crippen LogP contribution >= 0.6 is 15.2 Å². The molecule has 1 fully saturated rings. The summed E-state index contributed by atoms with van der Waals surface area (Å²) in [5.41, 5.74) is 3.74. The van der Waals surface area contributed by atoms with Gasteiger partial charge in [0, 0.05) is 18.2 Å². The molecule has 16 heteroatoms. The lowest BCUT2D eigenvalue weighted by Crippen LogP contribution is -2.37. The Kier molecular flexibility index (Phi) is 7.99. The van der Waals surface area contributed by atoms with Crippen LogP contribution in [0.1, 0.15) is 23.8 Å². The van der Waals surface area contributed by atoms with Crippen LogP contribution in [0.3, 0.4) is 0 Å². The molecule has 1 aromatic heterocycles. The summed E-state index contributed by atoms with van der Waals surface area (Å²) in [6.45, 7) is 0.900. The first-order chi connectivity index (χ1) is 16.2. The molecule has 0 aliphatic carbocycles. The van der Waals surface area contributed by atoms with Crippen LogP contribution in [0.2, 0.25) is 0 Å². The summed E-state index contributed by atoms with van der Waals surface area (Å²) < 4.78 is 35.0. The molecule has 0 radical (unpaired) electrons. The van der Waals surface area contributed by atoms with Crippen molar-refractivity contribution in [2.24, 2.45) is 5.73 Å². The second-order valence-electron chi connectivity index (χ2n) is 8.15. The van der Waals surface area contributed by atoms with Gasteiger partial charge in [0.25, 0.3) is 5.56 Å². The minimum absolute atomic E-state index is 0.0254. The largest absolute Gasteiger partial charge is 0.462 e. The predicted molar refractivity (Wildman–Crippen MR) is 121 cm³/mol. The minimum atomic E-state index is -4.72. The topological polar surface area (TPSA) is 231 Å². The van der Waals surface area contributed by atoms with Crippen molar-refractivity contribution in [1.29, 1.82) is 0 Å². The van der Waals surface area contributed by atoms with E-state index < -0.39 is 63.0 Å². The molecule has 1 aromatic carbocycles. The number of carbonyl (C=O) groups excluding carboxylic acids is 1. The number of hydrogen-bond donors (Lipinski definition) is 6. The van der Waals surface area contributed by atoms with Crippen molar-refractivity contribution in [3.05, 3.63) is 62.4 Å². The molecule has 0 saturated carbocycles. The molecule has 0 spiro atoms. The Morgan fingerprint density at radius 1 is 1.23 bits per heavy atom. The van der Waals surface area contributed by atoms with Gasteiger partial charge >= 0.3 is 26.9 Å². The Bertz CT molecular complexity index is 1290. The highest BCUT2D eigenvalue weighted by atomic mass is 31.2. The quantitative estimate of drug-likeness (QED) is 0.170. The fourth-order valence-corrected chi connectivity index (χ4v) is 5.21. The lowest BCUT2D eigenvalue weighted by atomic mass is 10.1. The molecule has 3 rings (SSSR count). The molecular formula is C19H25N3O11P2. The van der Waals surface area contributed by atoms with E-state index in [1.54, 1.807) is 0 Å². The third-order valence-electron chi connectivity index (χ3n) is 5.51. The van der Waals surface area contributed by atoms with Gasteiger partial charge in [-0.05, 0) is 31.0 Å². The lowest BCUT2D eigenvalue weighted by molar-refractivity contribution is -0.150. The summed E-state index contributed by atoms with van der Waals surface area (Å²) in [5.74, 6) is -0.891. The number of aromatic nitrogens is 2. The Hall–Kier alpha value is -2.41. The number of esters is 1. The Morgan fingerprint density at radius 3 is 2.43 bits per heavy atom. The first kappa shape index (κ1) is 27.2. The number of nitrogens with two attached hydrogens (primary N) is 1. The number of nitrogens with zero attached hydrogens (tertiary/aromatic N) is 1. The zero-order valence-corrected chi connectivity index (χ0v) is 20.2. The number of benzene rings is 1. The van der Waals surface area contributed by atoms with Crippen LogP contribution in [-0.2, 0) is 29.8 Å². The first-order valence-electron chi connectivity index (χ1n) is 10.3. The monoisotopic (exact) mass is 533 g/mol. The van der Waals surface area contributed by atoms with Crippen molar-refractivity contribution >= 4 is 26.5 Å². The molecule has 0 amide bonds. The van der Waals surface area contributed by atoms with E-state index in [4.69, 9.17) is 25.0 Å². The summed E-state index contributed by atoms with van der Waals surface area (Å²) >= 11 is 0. The molecule has 14 nitrogen and oxygen atoms in total. The Balaban J connectivity index is 1.66. The van der Waals surface area contributed by atoms with Crippen molar-refractivity contribution in [1.82, 2.24) is 9.55 Å². The van der Waals surface area contributed by atoms with Gasteiger partial charge in [0.1, 0.15) is 25.0 Å². The van der Waals surface area contributed by atoms with E-state index in [1.165, 1.54) is 37.4 Å². The highest BCUT2D eigenvalue weighted by molar-refractivity contribution is 7.60. The zero-order valence-electron chi connectivity index (χ0n) is 18.4. The third-order valence-corrected chi connectivity index (χ3v) is 7.89. The molecular weight excluding hydrogens is 508 g/mol. The SMILES string of the molecule is Cc1cn([C@H]2C[C@H](P(=O)(O)O)[C@@H](COC(=O)[C@@H](N)Cc3ccc(P(=O)(O)O)cc3)O2)c(=O)[nH]c1=O. The van der Waals surface area contributed by atoms with Crippen LogP contribution in [0.4, 0.5) is 0 Å². The molecule has 192 valence electrons. The number of ether oxygens (including phenoxy) is 2. The molecule has 1 aliphatic rings. The van der Waals surface area contributed by atoms with E-state index in [-0.39, 0.29) is 23.7 Å². The average Bonchev–Trinajstić information content (AvgIpc) is 3.19. The molecule has 2 aromatic rings. The molecule has 35 heavy (non-hydrogen) atoms. The predicted octanol–water partition coefficient (Wildman–Crippen LogP) is -1.40. The minimum Gasteiger partial charge on any atom is -0.462 e. The summed E-state index contributed by atoms with van der Waals surface area (Å²) in [6.07, 6.45) is -1.44. The van der Waals surface area contributed by atoms with Crippen LogP contribution in [0, 0.1) is 6.92 Å². The summed E-state index contributed by atoms with van der Waals surface area (Å²) in [4.78, 5) is 75.9. The highest BCUT2D eigenvalue weighted by Gasteiger charge is 2.47. The average molecular weight is 533 g/mol. The second-order valence-corrected chi connectivity index (χ2v) is 11.6. The molecule has 4 atom stereocenters. The Morgan fingerprint density at radius 2 is 1.86 bits per heavy atom. The molecule has 2 heterocycles. The van der Waals surface area contributed by atoms with Gasteiger partial charge in [-0.25, -0.2) is 4.79 Å². The van der Waals surface area contributed by atoms with Crippen molar-refractivity contribution in [3.8, 4) is 0 Å². The number of carbonyl (C=O) groups is 1. The smallest absolute Gasteiger partial charge is 0.356 e. The molecule has 1 saturated heterocycles. The van der Waals surface area contributed by atoms with Crippen molar-refractivity contribution in [2.45, 2.75) is 43.8 Å². The molecule has 1 aliphatic heterocycles. The summed E-state index contributed by atoms with van der Waals surface area (Å²) in [6, 6.07) is 4.06. The van der Waals surface area contributed by atoms with Crippen LogP contribution in [0.15, 0.2) is 40.1 Å². The van der Waals surface area contributed by atoms with Gasteiger partial charge in [0.05, 0.1) is 11.0 Å².